The van der Waals surface area contributed by atoms with E-state index in [1.54, 1.807) is 0 Å². The van der Waals surface area contributed by atoms with Crippen molar-refractivity contribution in [3.05, 3.63) is 0 Å². The molecule has 4 nitrogen and oxygen atoms in total. The van der Waals surface area contributed by atoms with Crippen LogP contribution < -0.4 is 5.73 Å². The molecule has 1 saturated heterocycles. The van der Waals surface area contributed by atoms with Crippen LogP contribution in [0.25, 0.3) is 0 Å². The first-order chi connectivity index (χ1) is 9.08. The number of likely N-dealkylation sites (N-methyl/N-ethyl adjacent to an activating group) is 1. The number of ether oxygens (including phenoxy) is 1. The molecule has 2 aliphatic rings. The Kier molecular flexibility index (Phi) is 5.22. The van der Waals surface area contributed by atoms with Gasteiger partial charge in [0.15, 0.2) is 0 Å². The second kappa shape index (κ2) is 6.71. The van der Waals surface area contributed by atoms with E-state index in [4.69, 9.17) is 10.5 Å². The average molecular weight is 268 g/mol. The number of amides is 1. The first kappa shape index (κ1) is 14.8. The summed E-state index contributed by atoms with van der Waals surface area (Å²) in [6, 6.07) is 0.665. The quantitative estimate of drug-likeness (QED) is 0.847. The van der Waals surface area contributed by atoms with Crippen LogP contribution in [-0.4, -0.2) is 42.6 Å². The number of nitrogens with two attached hydrogens (primary N) is 1. The highest BCUT2D eigenvalue weighted by Crippen LogP contribution is 2.27. The summed E-state index contributed by atoms with van der Waals surface area (Å²) in [7, 11) is 1.93. The van der Waals surface area contributed by atoms with E-state index < -0.39 is 0 Å². The van der Waals surface area contributed by atoms with Gasteiger partial charge in [0.1, 0.15) is 0 Å². The van der Waals surface area contributed by atoms with Crippen LogP contribution in [-0.2, 0) is 9.53 Å². The van der Waals surface area contributed by atoms with Gasteiger partial charge in [0.25, 0.3) is 0 Å². The van der Waals surface area contributed by atoms with E-state index in [1.165, 1.54) is 12.8 Å². The Bertz CT molecular complexity index is 301. The zero-order valence-electron chi connectivity index (χ0n) is 12.3. The van der Waals surface area contributed by atoms with Crippen LogP contribution in [0.4, 0.5) is 0 Å². The highest BCUT2D eigenvalue weighted by molar-refractivity contribution is 5.76. The van der Waals surface area contributed by atoms with Gasteiger partial charge in [-0.2, -0.15) is 0 Å². The minimum absolute atomic E-state index is 0.182. The lowest BCUT2D eigenvalue weighted by molar-refractivity contribution is -0.133. The van der Waals surface area contributed by atoms with Gasteiger partial charge in [0.2, 0.25) is 5.91 Å². The largest absolute Gasteiger partial charge is 0.376 e. The van der Waals surface area contributed by atoms with E-state index in [0.29, 0.717) is 18.4 Å². The van der Waals surface area contributed by atoms with Crippen molar-refractivity contribution in [2.24, 2.45) is 11.7 Å². The normalized spacial score (nSPS) is 35.3. The molecule has 19 heavy (non-hydrogen) atoms. The predicted octanol–water partition coefficient (Wildman–Crippen LogP) is 1.92. The summed E-state index contributed by atoms with van der Waals surface area (Å²) in [6.07, 6.45) is 7.51. The van der Waals surface area contributed by atoms with Gasteiger partial charge in [-0.3, -0.25) is 4.79 Å². The Hall–Kier alpha value is -0.610. The monoisotopic (exact) mass is 268 g/mol. The summed E-state index contributed by atoms with van der Waals surface area (Å²) in [6.45, 7) is 2.84. The molecule has 1 aliphatic heterocycles. The van der Waals surface area contributed by atoms with E-state index in [-0.39, 0.29) is 18.1 Å². The van der Waals surface area contributed by atoms with E-state index in [9.17, 15) is 4.79 Å². The smallest absolute Gasteiger partial charge is 0.222 e. The lowest BCUT2D eigenvalue weighted by atomic mass is 9.83. The third-order valence-corrected chi connectivity index (χ3v) is 4.88. The van der Waals surface area contributed by atoms with Crippen LogP contribution in [0, 0.1) is 5.92 Å². The molecule has 1 amide bonds. The van der Waals surface area contributed by atoms with Crippen molar-refractivity contribution in [2.75, 3.05) is 13.7 Å². The van der Waals surface area contributed by atoms with Gasteiger partial charge < -0.3 is 15.4 Å². The van der Waals surface area contributed by atoms with Gasteiger partial charge in [0, 0.05) is 26.1 Å². The fraction of sp³-hybridized carbons (Fsp3) is 0.933. The average Bonchev–Trinajstić information content (AvgIpc) is 2.83. The molecule has 1 saturated carbocycles. The standard InChI is InChI=1S/C15H28N2O2/c1-11-14(9-10-19-11)17(2)15(18)8-5-12-3-6-13(16)7-4-12/h11-14H,3-10,16H2,1-2H3. The maximum atomic E-state index is 12.2. The number of hydrogen-bond acceptors (Lipinski definition) is 3. The maximum Gasteiger partial charge on any atom is 0.222 e. The van der Waals surface area contributed by atoms with Crippen molar-refractivity contribution >= 4 is 5.91 Å². The topological polar surface area (TPSA) is 55.6 Å². The van der Waals surface area contributed by atoms with Crippen molar-refractivity contribution in [2.45, 2.75) is 70.1 Å². The summed E-state index contributed by atoms with van der Waals surface area (Å²) >= 11 is 0. The van der Waals surface area contributed by atoms with E-state index in [0.717, 1.165) is 32.3 Å². The van der Waals surface area contributed by atoms with Crippen molar-refractivity contribution in [3.8, 4) is 0 Å². The molecule has 2 N–H and O–H groups in total. The molecule has 2 atom stereocenters. The van der Waals surface area contributed by atoms with Gasteiger partial charge in [-0.1, -0.05) is 0 Å². The van der Waals surface area contributed by atoms with Crippen LogP contribution in [0.2, 0.25) is 0 Å². The van der Waals surface area contributed by atoms with E-state index >= 15 is 0 Å². The number of hydrogen-bond donors (Lipinski definition) is 1. The van der Waals surface area contributed by atoms with Crippen molar-refractivity contribution in [1.29, 1.82) is 0 Å². The first-order valence-corrected chi connectivity index (χ1v) is 7.70. The van der Waals surface area contributed by atoms with Gasteiger partial charge in [-0.05, 0) is 51.4 Å². The Labute approximate surface area is 116 Å². The summed E-state index contributed by atoms with van der Waals surface area (Å²) in [5, 5.41) is 0. The Balaban J connectivity index is 1.71. The molecule has 0 spiro atoms. The summed E-state index contributed by atoms with van der Waals surface area (Å²) in [5.41, 5.74) is 5.91. The number of rotatable bonds is 4. The van der Waals surface area contributed by atoms with Crippen LogP contribution >= 0.6 is 0 Å². The zero-order chi connectivity index (χ0) is 13.8. The molecule has 0 aromatic carbocycles. The molecule has 2 unspecified atom stereocenters. The Morgan fingerprint density at radius 2 is 1.95 bits per heavy atom. The molecule has 110 valence electrons. The molecule has 0 aromatic heterocycles. The fourth-order valence-electron chi connectivity index (χ4n) is 3.39. The molecule has 2 fully saturated rings. The molecule has 0 aromatic rings. The zero-order valence-corrected chi connectivity index (χ0v) is 12.3. The van der Waals surface area contributed by atoms with Gasteiger partial charge in [0.05, 0.1) is 12.1 Å². The third-order valence-electron chi connectivity index (χ3n) is 4.88. The third kappa shape index (κ3) is 3.93. The van der Waals surface area contributed by atoms with Crippen LogP contribution in [0.1, 0.15) is 51.9 Å². The van der Waals surface area contributed by atoms with Crippen molar-refractivity contribution in [3.63, 3.8) is 0 Å². The lowest BCUT2D eigenvalue weighted by Gasteiger charge is -2.29. The highest BCUT2D eigenvalue weighted by Gasteiger charge is 2.30. The summed E-state index contributed by atoms with van der Waals surface area (Å²) in [5.74, 6) is 0.978. The minimum atomic E-state index is 0.182. The molecule has 0 bridgehead atoms. The molecular formula is C15H28N2O2. The van der Waals surface area contributed by atoms with Crippen LogP contribution in [0.3, 0.4) is 0 Å². The maximum absolute atomic E-state index is 12.2. The lowest BCUT2D eigenvalue weighted by Crippen LogP contribution is -2.41. The second-order valence-electron chi connectivity index (χ2n) is 6.26. The Morgan fingerprint density at radius 1 is 1.26 bits per heavy atom. The molecule has 0 radical (unpaired) electrons. The minimum Gasteiger partial charge on any atom is -0.376 e. The number of nitrogens with zero attached hydrogens (tertiary/aromatic N) is 1. The van der Waals surface area contributed by atoms with Crippen molar-refractivity contribution in [1.82, 2.24) is 4.90 Å². The molecular weight excluding hydrogens is 240 g/mol. The summed E-state index contributed by atoms with van der Waals surface area (Å²) in [4.78, 5) is 14.1. The Morgan fingerprint density at radius 3 is 2.53 bits per heavy atom. The SMILES string of the molecule is CC1OCCC1N(C)C(=O)CCC1CCC(N)CC1. The van der Waals surface area contributed by atoms with E-state index in [2.05, 4.69) is 6.92 Å². The molecule has 2 rings (SSSR count). The van der Waals surface area contributed by atoms with E-state index in [1.807, 2.05) is 11.9 Å². The first-order valence-electron chi connectivity index (χ1n) is 7.70. The van der Waals surface area contributed by atoms with Gasteiger partial charge in [-0.25, -0.2) is 0 Å². The molecule has 4 heteroatoms. The number of carbonyl (C=O) groups excluding carboxylic acids is 1. The number of carbonyl (C=O) groups is 1. The summed E-state index contributed by atoms with van der Waals surface area (Å²) < 4.78 is 5.54. The van der Waals surface area contributed by atoms with Crippen LogP contribution in [0.15, 0.2) is 0 Å². The second-order valence-corrected chi connectivity index (χ2v) is 6.26. The van der Waals surface area contributed by atoms with Crippen LogP contribution in [0.5, 0.6) is 0 Å². The van der Waals surface area contributed by atoms with Gasteiger partial charge >= 0.3 is 0 Å². The highest BCUT2D eigenvalue weighted by atomic mass is 16.5. The van der Waals surface area contributed by atoms with Crippen molar-refractivity contribution < 1.29 is 9.53 Å². The van der Waals surface area contributed by atoms with Gasteiger partial charge in [-0.15, -0.1) is 0 Å². The molecule has 1 aliphatic carbocycles. The predicted molar refractivity (Wildman–Crippen MR) is 75.8 cm³/mol. The molecule has 1 heterocycles. The fourth-order valence-corrected chi connectivity index (χ4v) is 3.39.